The van der Waals surface area contributed by atoms with E-state index in [4.69, 9.17) is 0 Å². The molecule has 2 rings (SSSR count). The molecule has 0 saturated carbocycles. The van der Waals surface area contributed by atoms with Crippen LogP contribution in [0.25, 0.3) is 0 Å². The number of Topliss-reactive ketones (excluding diaryl/α,β-unsaturated/α-hetero) is 1. The van der Waals surface area contributed by atoms with Gasteiger partial charge in [-0.2, -0.15) is 0 Å². The first kappa shape index (κ1) is 14.3. The summed E-state index contributed by atoms with van der Waals surface area (Å²) in [5, 5.41) is 0. The zero-order chi connectivity index (χ0) is 13.7. The first-order valence-electron chi connectivity index (χ1n) is 7.61. The fourth-order valence-corrected chi connectivity index (χ4v) is 3.21. The molecule has 1 aliphatic heterocycles. The fourth-order valence-electron chi connectivity index (χ4n) is 3.21. The second-order valence-corrected chi connectivity index (χ2v) is 5.49. The standard InChI is InChI=1S/C17H25NO/c1-3-14(4-2)16(18-12-8-9-13-18)17(19)15-10-6-5-7-11-15/h5-7,10-11,14,16H,3-4,8-9,12-13H2,1-2H3. The van der Waals surface area contributed by atoms with Crippen LogP contribution in [0.3, 0.4) is 0 Å². The van der Waals surface area contributed by atoms with Crippen LogP contribution in [0.1, 0.15) is 49.9 Å². The quantitative estimate of drug-likeness (QED) is 0.725. The molecule has 0 bridgehead atoms. The summed E-state index contributed by atoms with van der Waals surface area (Å²) in [6.07, 6.45) is 4.63. The van der Waals surface area contributed by atoms with Crippen molar-refractivity contribution in [3.63, 3.8) is 0 Å². The number of nitrogens with zero attached hydrogens (tertiary/aromatic N) is 1. The maximum absolute atomic E-state index is 12.8. The third-order valence-corrected chi connectivity index (χ3v) is 4.36. The van der Waals surface area contributed by atoms with E-state index in [2.05, 4.69) is 18.7 Å². The highest BCUT2D eigenvalue weighted by atomic mass is 16.1. The summed E-state index contributed by atoms with van der Waals surface area (Å²) in [4.78, 5) is 15.3. The Morgan fingerprint density at radius 3 is 2.21 bits per heavy atom. The Kier molecular flexibility index (Phi) is 5.15. The van der Waals surface area contributed by atoms with Crippen LogP contribution in [0.15, 0.2) is 30.3 Å². The molecule has 1 aromatic carbocycles. The van der Waals surface area contributed by atoms with Gasteiger partial charge in [-0.25, -0.2) is 0 Å². The van der Waals surface area contributed by atoms with Crippen molar-refractivity contribution in [3.05, 3.63) is 35.9 Å². The number of ketones is 1. The van der Waals surface area contributed by atoms with Gasteiger partial charge in [-0.05, 0) is 31.8 Å². The minimum atomic E-state index is 0.0832. The van der Waals surface area contributed by atoms with Gasteiger partial charge in [0.2, 0.25) is 0 Å². The summed E-state index contributed by atoms with van der Waals surface area (Å²) in [5.74, 6) is 0.794. The SMILES string of the molecule is CCC(CC)C(C(=O)c1ccccc1)N1CCCC1. The second-order valence-electron chi connectivity index (χ2n) is 5.49. The molecule has 0 N–H and O–H groups in total. The summed E-state index contributed by atoms with van der Waals surface area (Å²) >= 11 is 0. The third-order valence-electron chi connectivity index (χ3n) is 4.36. The predicted molar refractivity (Wildman–Crippen MR) is 79.4 cm³/mol. The van der Waals surface area contributed by atoms with Crippen molar-refractivity contribution in [2.75, 3.05) is 13.1 Å². The van der Waals surface area contributed by atoms with Crippen LogP contribution < -0.4 is 0 Å². The molecule has 0 spiro atoms. The van der Waals surface area contributed by atoms with Gasteiger partial charge in [-0.3, -0.25) is 9.69 Å². The van der Waals surface area contributed by atoms with E-state index in [1.54, 1.807) is 0 Å². The van der Waals surface area contributed by atoms with Gasteiger partial charge in [-0.15, -0.1) is 0 Å². The van der Waals surface area contributed by atoms with Gasteiger partial charge < -0.3 is 0 Å². The number of likely N-dealkylation sites (tertiary alicyclic amines) is 1. The smallest absolute Gasteiger partial charge is 0.180 e. The zero-order valence-electron chi connectivity index (χ0n) is 12.1. The molecule has 1 aliphatic rings. The largest absolute Gasteiger partial charge is 0.293 e. The molecule has 2 heteroatoms. The summed E-state index contributed by atoms with van der Waals surface area (Å²) < 4.78 is 0. The average Bonchev–Trinajstić information content (AvgIpc) is 2.98. The lowest BCUT2D eigenvalue weighted by Gasteiger charge is -2.32. The van der Waals surface area contributed by atoms with Crippen molar-refractivity contribution in [2.24, 2.45) is 5.92 Å². The first-order valence-corrected chi connectivity index (χ1v) is 7.61. The van der Waals surface area contributed by atoms with Gasteiger partial charge in [0.05, 0.1) is 6.04 Å². The van der Waals surface area contributed by atoms with Gasteiger partial charge in [0.1, 0.15) is 0 Å². The number of hydrogen-bond donors (Lipinski definition) is 0. The molecule has 0 aliphatic carbocycles. The van der Waals surface area contributed by atoms with E-state index in [1.807, 2.05) is 30.3 Å². The minimum absolute atomic E-state index is 0.0832. The summed E-state index contributed by atoms with van der Waals surface area (Å²) in [5.41, 5.74) is 0.867. The molecule has 104 valence electrons. The maximum Gasteiger partial charge on any atom is 0.180 e. The molecule has 2 nitrogen and oxygen atoms in total. The van der Waals surface area contributed by atoms with E-state index in [9.17, 15) is 4.79 Å². The lowest BCUT2D eigenvalue weighted by Crippen LogP contribution is -2.44. The van der Waals surface area contributed by atoms with E-state index in [0.29, 0.717) is 11.7 Å². The van der Waals surface area contributed by atoms with Crippen molar-refractivity contribution in [1.29, 1.82) is 0 Å². The lowest BCUT2D eigenvalue weighted by molar-refractivity contribution is 0.0754. The molecular formula is C17H25NO. The van der Waals surface area contributed by atoms with Crippen LogP contribution in [-0.4, -0.2) is 29.8 Å². The van der Waals surface area contributed by atoms with Crippen molar-refractivity contribution < 1.29 is 4.79 Å². The molecule has 1 heterocycles. The molecule has 0 amide bonds. The molecule has 1 fully saturated rings. The number of benzene rings is 1. The Hall–Kier alpha value is -1.15. The van der Waals surface area contributed by atoms with Crippen LogP contribution in [0.4, 0.5) is 0 Å². The molecule has 1 unspecified atom stereocenters. The Labute approximate surface area is 116 Å². The van der Waals surface area contributed by atoms with E-state index >= 15 is 0 Å². The van der Waals surface area contributed by atoms with Crippen molar-refractivity contribution >= 4 is 5.78 Å². The van der Waals surface area contributed by atoms with E-state index in [0.717, 1.165) is 31.5 Å². The van der Waals surface area contributed by atoms with Gasteiger partial charge in [0, 0.05) is 5.56 Å². The molecule has 1 aromatic rings. The molecular weight excluding hydrogens is 234 g/mol. The minimum Gasteiger partial charge on any atom is -0.293 e. The lowest BCUT2D eigenvalue weighted by atomic mass is 9.87. The highest BCUT2D eigenvalue weighted by Gasteiger charge is 2.33. The molecule has 1 atom stereocenters. The van der Waals surface area contributed by atoms with Gasteiger partial charge in [0.15, 0.2) is 5.78 Å². The van der Waals surface area contributed by atoms with Crippen LogP contribution in [0, 0.1) is 5.92 Å². The van der Waals surface area contributed by atoms with Crippen LogP contribution in [0.5, 0.6) is 0 Å². The second kappa shape index (κ2) is 6.85. The summed E-state index contributed by atoms with van der Waals surface area (Å²) in [7, 11) is 0. The highest BCUT2D eigenvalue weighted by molar-refractivity contribution is 6.00. The molecule has 19 heavy (non-hydrogen) atoms. The van der Waals surface area contributed by atoms with Gasteiger partial charge in [0.25, 0.3) is 0 Å². The zero-order valence-corrected chi connectivity index (χ0v) is 12.1. The Morgan fingerprint density at radius 1 is 1.11 bits per heavy atom. The molecule has 1 saturated heterocycles. The summed E-state index contributed by atoms with van der Waals surface area (Å²) in [6, 6.07) is 9.88. The molecule has 0 radical (unpaired) electrons. The molecule has 0 aromatic heterocycles. The highest BCUT2D eigenvalue weighted by Crippen LogP contribution is 2.25. The van der Waals surface area contributed by atoms with E-state index in [-0.39, 0.29) is 6.04 Å². The van der Waals surface area contributed by atoms with E-state index in [1.165, 1.54) is 12.8 Å². The van der Waals surface area contributed by atoms with Crippen LogP contribution in [0.2, 0.25) is 0 Å². The van der Waals surface area contributed by atoms with Gasteiger partial charge >= 0.3 is 0 Å². The van der Waals surface area contributed by atoms with Crippen LogP contribution >= 0.6 is 0 Å². The van der Waals surface area contributed by atoms with E-state index < -0.39 is 0 Å². The Balaban J connectivity index is 2.23. The van der Waals surface area contributed by atoms with Gasteiger partial charge in [-0.1, -0.05) is 57.0 Å². The third kappa shape index (κ3) is 3.24. The monoisotopic (exact) mass is 259 g/mol. The first-order chi connectivity index (χ1) is 9.27. The van der Waals surface area contributed by atoms with Crippen LogP contribution in [-0.2, 0) is 0 Å². The normalized spacial score (nSPS) is 17.8. The number of rotatable bonds is 6. The summed E-state index contributed by atoms with van der Waals surface area (Å²) in [6.45, 7) is 6.57. The predicted octanol–water partition coefficient (Wildman–Crippen LogP) is 3.77. The number of carbonyl (C=O) groups excluding carboxylic acids is 1. The van der Waals surface area contributed by atoms with Crippen molar-refractivity contribution in [3.8, 4) is 0 Å². The number of hydrogen-bond acceptors (Lipinski definition) is 2. The van der Waals surface area contributed by atoms with Crippen molar-refractivity contribution in [2.45, 2.75) is 45.6 Å². The van der Waals surface area contributed by atoms with Crippen molar-refractivity contribution in [1.82, 2.24) is 4.90 Å². The fraction of sp³-hybridized carbons (Fsp3) is 0.588. The average molecular weight is 259 g/mol. The Morgan fingerprint density at radius 2 is 1.68 bits per heavy atom. The number of carbonyl (C=O) groups is 1. The maximum atomic E-state index is 12.8. The topological polar surface area (TPSA) is 20.3 Å². The Bertz CT molecular complexity index is 389.